The fourth-order valence-electron chi connectivity index (χ4n) is 6.10. The van der Waals surface area contributed by atoms with Crippen molar-refractivity contribution in [3.8, 4) is 22.3 Å². The highest BCUT2D eigenvalue weighted by atomic mass is 16.2. The summed E-state index contributed by atoms with van der Waals surface area (Å²) in [5, 5.41) is 0. The van der Waals surface area contributed by atoms with E-state index in [9.17, 15) is 9.59 Å². The van der Waals surface area contributed by atoms with E-state index in [2.05, 4.69) is 34.1 Å². The molecule has 0 atom stereocenters. The van der Waals surface area contributed by atoms with E-state index in [-0.39, 0.29) is 11.8 Å². The normalized spacial score (nSPS) is 16.3. The highest BCUT2D eigenvalue weighted by Crippen LogP contribution is 2.21. The Morgan fingerprint density at radius 3 is 1.09 bits per heavy atom. The van der Waals surface area contributed by atoms with Crippen LogP contribution in [0.25, 0.3) is 22.3 Å². The highest BCUT2D eigenvalue weighted by Gasteiger charge is 2.24. The Kier molecular flexibility index (Phi) is 9.26. The van der Waals surface area contributed by atoms with Crippen LogP contribution in [-0.2, 0) is 0 Å². The van der Waals surface area contributed by atoms with Gasteiger partial charge in [0, 0.05) is 63.5 Å². The van der Waals surface area contributed by atoms with Crippen LogP contribution in [0.3, 0.4) is 0 Å². The lowest BCUT2D eigenvalue weighted by molar-refractivity contribution is 0.0606. The van der Waals surface area contributed by atoms with Gasteiger partial charge in [0.25, 0.3) is 11.8 Å². The van der Waals surface area contributed by atoms with Crippen molar-refractivity contribution in [2.24, 2.45) is 0 Å². The van der Waals surface area contributed by atoms with Gasteiger partial charge >= 0.3 is 0 Å². The predicted molar refractivity (Wildman–Crippen MR) is 173 cm³/mol. The molecule has 2 amide bonds. The average molecular weight is 573 g/mol. The van der Waals surface area contributed by atoms with Gasteiger partial charge in [0.1, 0.15) is 0 Å². The number of piperazine rings is 2. The summed E-state index contributed by atoms with van der Waals surface area (Å²) in [6, 6.07) is 36.5. The maximum absolute atomic E-state index is 13.1. The van der Waals surface area contributed by atoms with Gasteiger partial charge < -0.3 is 9.80 Å². The molecule has 2 saturated heterocycles. The summed E-state index contributed by atoms with van der Waals surface area (Å²) in [5.74, 6) is 0.248. The Morgan fingerprint density at radius 1 is 0.419 bits per heavy atom. The Morgan fingerprint density at radius 2 is 0.744 bits per heavy atom. The number of nitrogens with zero attached hydrogens (tertiary/aromatic N) is 4. The third-order valence-electron chi connectivity index (χ3n) is 8.75. The van der Waals surface area contributed by atoms with Gasteiger partial charge in [-0.2, -0.15) is 0 Å². The van der Waals surface area contributed by atoms with Crippen molar-refractivity contribution < 1.29 is 9.59 Å². The molecule has 0 aliphatic carbocycles. The molecule has 0 aromatic heterocycles. The second-order valence-corrected chi connectivity index (χ2v) is 11.5. The van der Waals surface area contributed by atoms with Crippen molar-refractivity contribution in [1.29, 1.82) is 0 Å². The summed E-state index contributed by atoms with van der Waals surface area (Å²) in [4.78, 5) is 35.1. The summed E-state index contributed by atoms with van der Waals surface area (Å²) >= 11 is 0. The molecule has 2 aliphatic rings. The van der Waals surface area contributed by atoms with Crippen molar-refractivity contribution in [3.05, 3.63) is 120 Å². The SMILES string of the molecule is O=C(c1ccc(-c2ccccc2)cc1)N1CCN(CCCN2CCN(C(=O)c3ccc(-c4ccccc4)cc3)CC2)CC1. The molecule has 0 N–H and O–H groups in total. The van der Waals surface area contributed by atoms with Crippen molar-refractivity contribution in [2.75, 3.05) is 65.4 Å². The van der Waals surface area contributed by atoms with Crippen molar-refractivity contribution in [1.82, 2.24) is 19.6 Å². The third-order valence-corrected chi connectivity index (χ3v) is 8.75. The highest BCUT2D eigenvalue weighted by molar-refractivity contribution is 5.95. The van der Waals surface area contributed by atoms with Crippen LogP contribution in [0.4, 0.5) is 0 Å². The molecular formula is C37H40N4O2. The van der Waals surface area contributed by atoms with Gasteiger partial charge in [0.2, 0.25) is 0 Å². The fraction of sp³-hybridized carbons (Fsp3) is 0.297. The molecule has 0 radical (unpaired) electrons. The zero-order chi connectivity index (χ0) is 29.4. The molecule has 6 heteroatoms. The smallest absolute Gasteiger partial charge is 0.253 e. The van der Waals surface area contributed by atoms with Crippen molar-refractivity contribution >= 4 is 11.8 Å². The average Bonchev–Trinajstić information content (AvgIpc) is 3.09. The first-order valence-electron chi connectivity index (χ1n) is 15.5. The number of hydrogen-bond acceptors (Lipinski definition) is 4. The molecule has 4 aromatic carbocycles. The van der Waals surface area contributed by atoms with E-state index in [4.69, 9.17) is 0 Å². The van der Waals surface area contributed by atoms with Crippen molar-refractivity contribution in [2.45, 2.75) is 6.42 Å². The van der Waals surface area contributed by atoms with Gasteiger partial charge in [0.05, 0.1) is 0 Å². The maximum Gasteiger partial charge on any atom is 0.253 e. The summed E-state index contributed by atoms with van der Waals surface area (Å²) < 4.78 is 0. The molecule has 2 aliphatic heterocycles. The molecule has 6 nitrogen and oxygen atoms in total. The van der Waals surface area contributed by atoms with E-state index in [0.29, 0.717) is 0 Å². The van der Waals surface area contributed by atoms with E-state index in [1.807, 2.05) is 94.7 Å². The Hall–Kier alpha value is -4.26. The third kappa shape index (κ3) is 7.22. The van der Waals surface area contributed by atoms with Crippen LogP contribution < -0.4 is 0 Å². The fourth-order valence-corrected chi connectivity index (χ4v) is 6.10. The van der Waals surface area contributed by atoms with Crippen LogP contribution in [0.5, 0.6) is 0 Å². The van der Waals surface area contributed by atoms with Crippen LogP contribution >= 0.6 is 0 Å². The molecule has 0 bridgehead atoms. The molecule has 0 saturated carbocycles. The topological polar surface area (TPSA) is 47.1 Å². The van der Waals surface area contributed by atoms with Gasteiger partial charge in [-0.05, 0) is 66.0 Å². The van der Waals surface area contributed by atoms with Crippen LogP contribution in [0.2, 0.25) is 0 Å². The van der Waals surface area contributed by atoms with E-state index >= 15 is 0 Å². The second-order valence-electron chi connectivity index (χ2n) is 11.5. The largest absolute Gasteiger partial charge is 0.336 e. The first kappa shape index (κ1) is 28.8. The lowest BCUT2D eigenvalue weighted by Gasteiger charge is -2.37. The van der Waals surface area contributed by atoms with E-state index < -0.39 is 0 Å². The zero-order valence-corrected chi connectivity index (χ0v) is 24.8. The first-order chi connectivity index (χ1) is 21.1. The van der Waals surface area contributed by atoms with Gasteiger partial charge in [0.15, 0.2) is 0 Å². The predicted octanol–water partition coefficient (Wildman–Crippen LogP) is 5.63. The molecule has 6 rings (SSSR count). The first-order valence-corrected chi connectivity index (χ1v) is 15.5. The molecule has 0 unspecified atom stereocenters. The van der Waals surface area contributed by atoms with Crippen LogP contribution in [-0.4, -0.2) is 96.9 Å². The van der Waals surface area contributed by atoms with Crippen molar-refractivity contribution in [3.63, 3.8) is 0 Å². The van der Waals surface area contributed by atoms with Crippen LogP contribution in [0.15, 0.2) is 109 Å². The summed E-state index contributed by atoms with van der Waals surface area (Å²) in [6.45, 7) is 8.83. The minimum Gasteiger partial charge on any atom is -0.336 e. The Bertz CT molecular complexity index is 1360. The molecule has 4 aromatic rings. The molecule has 220 valence electrons. The van der Waals surface area contributed by atoms with Gasteiger partial charge in [-0.3, -0.25) is 19.4 Å². The van der Waals surface area contributed by atoms with Crippen LogP contribution in [0, 0.1) is 0 Å². The lowest BCUT2D eigenvalue weighted by atomic mass is 10.0. The number of rotatable bonds is 8. The lowest BCUT2D eigenvalue weighted by Crippen LogP contribution is -2.50. The van der Waals surface area contributed by atoms with E-state index in [1.54, 1.807) is 0 Å². The Labute approximate surface area is 255 Å². The molecule has 0 spiro atoms. The number of benzene rings is 4. The van der Waals surface area contributed by atoms with E-state index in [0.717, 1.165) is 105 Å². The monoisotopic (exact) mass is 572 g/mol. The second kappa shape index (κ2) is 13.8. The maximum atomic E-state index is 13.1. The molecule has 2 heterocycles. The summed E-state index contributed by atoms with van der Waals surface area (Å²) in [6.07, 6.45) is 1.10. The molecular weight excluding hydrogens is 532 g/mol. The van der Waals surface area contributed by atoms with E-state index in [1.165, 1.54) is 0 Å². The minimum atomic E-state index is 0.124. The Balaban J connectivity index is 0.889. The van der Waals surface area contributed by atoms with Gasteiger partial charge in [-0.25, -0.2) is 0 Å². The quantitative estimate of drug-likeness (QED) is 0.275. The summed E-state index contributed by atoms with van der Waals surface area (Å²) in [7, 11) is 0. The zero-order valence-electron chi connectivity index (χ0n) is 24.8. The van der Waals surface area contributed by atoms with Gasteiger partial charge in [-0.15, -0.1) is 0 Å². The van der Waals surface area contributed by atoms with Crippen LogP contribution in [0.1, 0.15) is 27.1 Å². The molecule has 2 fully saturated rings. The minimum absolute atomic E-state index is 0.124. The number of hydrogen-bond donors (Lipinski definition) is 0. The molecule has 43 heavy (non-hydrogen) atoms. The number of carbonyl (C=O) groups is 2. The standard InChI is InChI=1S/C37H40N4O2/c42-36(34-16-12-32(13-17-34)30-8-3-1-4-9-30)40-26-22-38(23-27-40)20-7-21-39-24-28-41(29-25-39)37(43)35-18-14-33(15-19-35)31-10-5-2-6-11-31/h1-6,8-19H,7,20-29H2. The summed E-state index contributed by atoms with van der Waals surface area (Å²) in [5.41, 5.74) is 6.10. The van der Waals surface area contributed by atoms with Gasteiger partial charge in [-0.1, -0.05) is 84.9 Å². The number of amides is 2. The number of carbonyl (C=O) groups excluding carboxylic acids is 2.